The molecular weight excluding hydrogens is 290 g/mol. The molecule has 0 aliphatic carbocycles. The minimum absolute atomic E-state index is 0.183. The Morgan fingerprint density at radius 1 is 1.44 bits per heavy atom. The van der Waals surface area contributed by atoms with Gasteiger partial charge in [0.05, 0.1) is 6.04 Å². The lowest BCUT2D eigenvalue weighted by atomic mass is 9.99. The number of hydrogen-bond acceptors (Lipinski definition) is 1. The normalized spacial score (nSPS) is 21.4. The van der Waals surface area contributed by atoms with Gasteiger partial charge in [0.15, 0.2) is 0 Å². The van der Waals surface area contributed by atoms with E-state index < -0.39 is 0 Å². The number of carbonyl (C=O) groups is 1. The molecule has 3 heteroatoms. The Morgan fingerprint density at radius 3 is 2.72 bits per heavy atom. The standard InChI is InChI=1S/C15H20BrNO/c1-10-4-5-14(11(2)6-10)12(3)17-9-13(8-16)7-15(17)18/h4-6,12-13H,7-9H2,1-3H3. The number of benzene rings is 1. The SMILES string of the molecule is Cc1ccc(C(C)N2CC(CBr)CC2=O)c(C)c1. The van der Waals surface area contributed by atoms with Gasteiger partial charge in [-0.1, -0.05) is 39.7 Å². The van der Waals surface area contributed by atoms with E-state index in [4.69, 9.17) is 0 Å². The zero-order valence-electron chi connectivity index (χ0n) is 11.2. The Kier molecular flexibility index (Phi) is 4.10. The molecule has 1 fully saturated rings. The highest BCUT2D eigenvalue weighted by Crippen LogP contribution is 2.30. The molecule has 0 N–H and O–H groups in total. The van der Waals surface area contributed by atoms with Crippen LogP contribution in [-0.4, -0.2) is 22.7 Å². The number of rotatable bonds is 3. The second-order valence-electron chi connectivity index (χ2n) is 5.31. The quantitative estimate of drug-likeness (QED) is 0.781. The van der Waals surface area contributed by atoms with Gasteiger partial charge in [-0.15, -0.1) is 0 Å². The number of nitrogens with zero attached hydrogens (tertiary/aromatic N) is 1. The van der Waals surface area contributed by atoms with Crippen molar-refractivity contribution >= 4 is 21.8 Å². The van der Waals surface area contributed by atoms with Crippen molar-refractivity contribution in [3.05, 3.63) is 34.9 Å². The highest BCUT2D eigenvalue weighted by atomic mass is 79.9. The van der Waals surface area contributed by atoms with Gasteiger partial charge in [-0.25, -0.2) is 0 Å². The molecule has 2 atom stereocenters. The first-order chi connectivity index (χ1) is 8.52. The maximum Gasteiger partial charge on any atom is 0.223 e. The summed E-state index contributed by atoms with van der Waals surface area (Å²) >= 11 is 3.48. The van der Waals surface area contributed by atoms with Crippen LogP contribution in [0.4, 0.5) is 0 Å². The van der Waals surface area contributed by atoms with E-state index in [1.165, 1.54) is 16.7 Å². The lowest BCUT2D eigenvalue weighted by molar-refractivity contribution is -0.129. The monoisotopic (exact) mass is 309 g/mol. The first-order valence-electron chi connectivity index (χ1n) is 6.45. The molecule has 1 aliphatic rings. The fourth-order valence-corrected chi connectivity index (χ4v) is 3.18. The highest BCUT2D eigenvalue weighted by molar-refractivity contribution is 9.09. The molecule has 1 aliphatic heterocycles. The fraction of sp³-hybridized carbons (Fsp3) is 0.533. The Hall–Kier alpha value is -0.830. The molecule has 2 unspecified atom stereocenters. The van der Waals surface area contributed by atoms with Crippen LogP contribution < -0.4 is 0 Å². The van der Waals surface area contributed by atoms with Gasteiger partial charge in [0.1, 0.15) is 0 Å². The lowest BCUT2D eigenvalue weighted by Crippen LogP contribution is -2.29. The summed E-state index contributed by atoms with van der Waals surface area (Å²) in [4.78, 5) is 14.1. The molecule has 18 heavy (non-hydrogen) atoms. The van der Waals surface area contributed by atoms with Crippen molar-refractivity contribution in [1.29, 1.82) is 0 Å². The average molecular weight is 310 g/mol. The fourth-order valence-electron chi connectivity index (χ4n) is 2.75. The zero-order valence-corrected chi connectivity index (χ0v) is 12.8. The largest absolute Gasteiger partial charge is 0.336 e. The van der Waals surface area contributed by atoms with Gasteiger partial charge in [-0.3, -0.25) is 4.79 Å². The number of amides is 1. The van der Waals surface area contributed by atoms with Crippen LogP contribution in [0.3, 0.4) is 0 Å². The highest BCUT2D eigenvalue weighted by Gasteiger charge is 2.32. The smallest absolute Gasteiger partial charge is 0.223 e. The van der Waals surface area contributed by atoms with Gasteiger partial charge in [0.2, 0.25) is 5.91 Å². The molecule has 0 aromatic heterocycles. The summed E-state index contributed by atoms with van der Waals surface area (Å²) in [6.45, 7) is 7.23. The van der Waals surface area contributed by atoms with Crippen molar-refractivity contribution in [3.63, 3.8) is 0 Å². The van der Waals surface area contributed by atoms with Crippen molar-refractivity contribution in [3.8, 4) is 0 Å². The molecule has 1 heterocycles. The first kappa shape index (κ1) is 13.6. The lowest BCUT2D eigenvalue weighted by Gasteiger charge is -2.26. The second kappa shape index (κ2) is 5.43. The molecular formula is C15H20BrNO. The van der Waals surface area contributed by atoms with Gasteiger partial charge in [0.25, 0.3) is 0 Å². The van der Waals surface area contributed by atoms with Crippen molar-refractivity contribution in [2.24, 2.45) is 5.92 Å². The summed E-state index contributed by atoms with van der Waals surface area (Å²) in [5.74, 6) is 0.748. The third kappa shape index (κ3) is 2.61. The average Bonchev–Trinajstić information content (AvgIpc) is 2.70. The van der Waals surface area contributed by atoms with Crippen LogP contribution in [0.25, 0.3) is 0 Å². The number of hydrogen-bond donors (Lipinski definition) is 0. The van der Waals surface area contributed by atoms with Crippen molar-refractivity contribution in [2.45, 2.75) is 33.2 Å². The molecule has 1 amide bonds. The second-order valence-corrected chi connectivity index (χ2v) is 5.95. The Balaban J connectivity index is 2.21. The van der Waals surface area contributed by atoms with Crippen LogP contribution in [0.15, 0.2) is 18.2 Å². The number of likely N-dealkylation sites (tertiary alicyclic amines) is 1. The molecule has 98 valence electrons. The maximum atomic E-state index is 12.0. The minimum Gasteiger partial charge on any atom is -0.336 e. The maximum absolute atomic E-state index is 12.0. The van der Waals surface area contributed by atoms with E-state index in [1.54, 1.807) is 0 Å². The van der Waals surface area contributed by atoms with E-state index in [-0.39, 0.29) is 11.9 Å². The third-order valence-electron chi connectivity index (χ3n) is 3.80. The minimum atomic E-state index is 0.183. The van der Waals surface area contributed by atoms with E-state index >= 15 is 0 Å². The van der Waals surface area contributed by atoms with Crippen molar-refractivity contribution < 1.29 is 4.79 Å². The summed E-state index contributed by atoms with van der Waals surface area (Å²) in [5.41, 5.74) is 3.82. The Labute approximate surface area is 117 Å². The first-order valence-corrected chi connectivity index (χ1v) is 7.57. The van der Waals surface area contributed by atoms with Crippen LogP contribution in [-0.2, 0) is 4.79 Å². The van der Waals surface area contributed by atoms with Gasteiger partial charge in [0, 0.05) is 18.3 Å². The number of aryl methyl sites for hydroxylation is 2. The summed E-state index contributed by atoms with van der Waals surface area (Å²) in [6, 6.07) is 6.65. The van der Waals surface area contributed by atoms with E-state index in [2.05, 4.69) is 54.9 Å². The summed E-state index contributed by atoms with van der Waals surface area (Å²) in [7, 11) is 0. The number of carbonyl (C=O) groups excluding carboxylic acids is 1. The third-order valence-corrected chi connectivity index (χ3v) is 4.72. The molecule has 2 nitrogen and oxygen atoms in total. The molecule has 0 bridgehead atoms. The molecule has 0 spiro atoms. The summed E-state index contributed by atoms with van der Waals surface area (Å²) < 4.78 is 0. The van der Waals surface area contributed by atoms with Crippen molar-refractivity contribution in [2.75, 3.05) is 11.9 Å². The predicted molar refractivity (Wildman–Crippen MR) is 77.9 cm³/mol. The van der Waals surface area contributed by atoms with Crippen LogP contribution in [0.1, 0.15) is 36.1 Å². The van der Waals surface area contributed by atoms with Gasteiger partial charge in [-0.05, 0) is 37.8 Å². The van der Waals surface area contributed by atoms with Crippen LogP contribution >= 0.6 is 15.9 Å². The van der Waals surface area contributed by atoms with E-state index in [9.17, 15) is 4.79 Å². The van der Waals surface area contributed by atoms with E-state index in [0.717, 1.165) is 11.9 Å². The van der Waals surface area contributed by atoms with Crippen molar-refractivity contribution in [1.82, 2.24) is 4.90 Å². The summed E-state index contributed by atoms with van der Waals surface area (Å²) in [5, 5.41) is 0.912. The van der Waals surface area contributed by atoms with Crippen LogP contribution in [0.5, 0.6) is 0 Å². The Morgan fingerprint density at radius 2 is 2.17 bits per heavy atom. The van der Waals surface area contributed by atoms with Crippen LogP contribution in [0, 0.1) is 19.8 Å². The molecule has 1 aromatic rings. The van der Waals surface area contributed by atoms with Gasteiger partial charge >= 0.3 is 0 Å². The molecule has 2 rings (SSSR count). The Bertz CT molecular complexity index is 458. The summed E-state index contributed by atoms with van der Waals surface area (Å²) in [6.07, 6.45) is 0.681. The number of alkyl halides is 1. The number of halogens is 1. The predicted octanol–water partition coefficient (Wildman–Crippen LogP) is 3.61. The molecule has 0 saturated carbocycles. The van der Waals surface area contributed by atoms with E-state index in [0.29, 0.717) is 12.3 Å². The van der Waals surface area contributed by atoms with Crippen LogP contribution in [0.2, 0.25) is 0 Å². The zero-order chi connectivity index (χ0) is 13.3. The molecule has 1 aromatic carbocycles. The topological polar surface area (TPSA) is 20.3 Å². The molecule has 1 saturated heterocycles. The van der Waals surface area contributed by atoms with Gasteiger partial charge < -0.3 is 4.90 Å². The molecule has 0 radical (unpaired) electrons. The van der Waals surface area contributed by atoms with E-state index in [1.807, 2.05) is 4.90 Å². The van der Waals surface area contributed by atoms with Gasteiger partial charge in [-0.2, -0.15) is 0 Å².